The van der Waals surface area contributed by atoms with E-state index >= 15 is 0 Å². The molecule has 0 aliphatic heterocycles. The normalized spacial score (nSPS) is 27.1. The molecule has 3 atom stereocenters. The van der Waals surface area contributed by atoms with E-state index in [0.717, 1.165) is 18.4 Å². The van der Waals surface area contributed by atoms with Crippen molar-refractivity contribution >= 4 is 5.97 Å². The summed E-state index contributed by atoms with van der Waals surface area (Å²) in [7, 11) is 0. The second kappa shape index (κ2) is 6.94. The summed E-state index contributed by atoms with van der Waals surface area (Å²) in [5.74, 6) is 1.08. The Morgan fingerprint density at radius 1 is 1.24 bits per heavy atom. The largest absolute Gasteiger partial charge is 0.508 e. The van der Waals surface area contributed by atoms with Crippen molar-refractivity contribution < 1.29 is 14.6 Å². The molecule has 1 fully saturated rings. The van der Waals surface area contributed by atoms with Gasteiger partial charge in [0.15, 0.2) is 0 Å². The molecule has 1 saturated carbocycles. The van der Waals surface area contributed by atoms with Crippen molar-refractivity contribution in [1.82, 2.24) is 0 Å². The van der Waals surface area contributed by atoms with E-state index in [4.69, 9.17) is 10.5 Å². The lowest BCUT2D eigenvalue weighted by atomic mass is 9.82. The van der Waals surface area contributed by atoms with Gasteiger partial charge in [-0.05, 0) is 55.2 Å². The average Bonchev–Trinajstić information content (AvgIpc) is 2.40. The van der Waals surface area contributed by atoms with Crippen LogP contribution in [-0.2, 0) is 16.0 Å². The van der Waals surface area contributed by atoms with Gasteiger partial charge in [0.25, 0.3) is 0 Å². The van der Waals surface area contributed by atoms with Crippen LogP contribution in [0.2, 0.25) is 0 Å². The summed E-state index contributed by atoms with van der Waals surface area (Å²) < 4.78 is 5.58. The van der Waals surface area contributed by atoms with Crippen LogP contribution in [0.25, 0.3) is 0 Å². The number of rotatable bonds is 4. The topological polar surface area (TPSA) is 72.5 Å². The van der Waals surface area contributed by atoms with Crippen LogP contribution < -0.4 is 5.73 Å². The molecule has 1 aromatic carbocycles. The van der Waals surface area contributed by atoms with Gasteiger partial charge in [0, 0.05) is 0 Å². The second-order valence-electron chi connectivity index (χ2n) is 6.45. The fraction of sp³-hybridized carbons (Fsp3) is 0.588. The van der Waals surface area contributed by atoms with E-state index in [9.17, 15) is 9.90 Å². The van der Waals surface area contributed by atoms with Gasteiger partial charge >= 0.3 is 5.97 Å². The van der Waals surface area contributed by atoms with Crippen LogP contribution in [0.1, 0.15) is 38.7 Å². The number of ether oxygens (including phenoxy) is 1. The minimum Gasteiger partial charge on any atom is -0.508 e. The predicted molar refractivity (Wildman–Crippen MR) is 81.8 cm³/mol. The molecule has 4 heteroatoms. The maximum Gasteiger partial charge on any atom is 0.323 e. The average molecular weight is 291 g/mol. The number of aromatic hydroxyl groups is 1. The number of carbonyl (C=O) groups is 1. The fourth-order valence-electron chi connectivity index (χ4n) is 3.19. The Balaban J connectivity index is 1.86. The van der Waals surface area contributed by atoms with Gasteiger partial charge in [0.05, 0.1) is 0 Å². The monoisotopic (exact) mass is 291 g/mol. The molecule has 0 radical (unpaired) electrons. The molecule has 1 aliphatic carbocycles. The Morgan fingerprint density at radius 2 is 1.81 bits per heavy atom. The zero-order valence-electron chi connectivity index (χ0n) is 12.8. The van der Waals surface area contributed by atoms with Gasteiger partial charge < -0.3 is 15.6 Å². The molecule has 1 aliphatic rings. The molecule has 0 aromatic heterocycles. The molecule has 0 saturated heterocycles. The van der Waals surface area contributed by atoms with Crippen molar-refractivity contribution in [3.63, 3.8) is 0 Å². The van der Waals surface area contributed by atoms with Crippen LogP contribution in [0.5, 0.6) is 5.75 Å². The van der Waals surface area contributed by atoms with Crippen molar-refractivity contribution in [2.24, 2.45) is 17.6 Å². The first-order chi connectivity index (χ1) is 9.94. The van der Waals surface area contributed by atoms with Gasteiger partial charge in [-0.15, -0.1) is 0 Å². The number of esters is 1. The van der Waals surface area contributed by atoms with E-state index < -0.39 is 6.04 Å². The molecule has 1 aromatic rings. The van der Waals surface area contributed by atoms with Gasteiger partial charge in [0.1, 0.15) is 17.9 Å². The first kappa shape index (κ1) is 15.8. The van der Waals surface area contributed by atoms with Gasteiger partial charge in [-0.2, -0.15) is 0 Å². The van der Waals surface area contributed by atoms with E-state index in [0.29, 0.717) is 18.3 Å². The molecule has 21 heavy (non-hydrogen) atoms. The first-order valence-electron chi connectivity index (χ1n) is 7.68. The number of phenolic OH excluding ortho intramolecular Hbond substituents is 1. The summed E-state index contributed by atoms with van der Waals surface area (Å²) in [5.41, 5.74) is 6.86. The Bertz CT molecular complexity index is 461. The van der Waals surface area contributed by atoms with Gasteiger partial charge in [-0.1, -0.05) is 26.0 Å². The van der Waals surface area contributed by atoms with E-state index in [2.05, 4.69) is 13.8 Å². The van der Waals surface area contributed by atoms with E-state index in [1.54, 1.807) is 24.3 Å². The van der Waals surface area contributed by atoms with E-state index in [1.807, 2.05) is 0 Å². The summed E-state index contributed by atoms with van der Waals surface area (Å²) >= 11 is 0. The molecule has 0 heterocycles. The number of carbonyl (C=O) groups excluding carboxylic acids is 1. The number of hydrogen-bond acceptors (Lipinski definition) is 4. The van der Waals surface area contributed by atoms with Crippen LogP contribution in [0.3, 0.4) is 0 Å². The molecular weight excluding hydrogens is 266 g/mol. The highest BCUT2D eigenvalue weighted by molar-refractivity contribution is 5.76. The van der Waals surface area contributed by atoms with Crippen LogP contribution in [0.15, 0.2) is 24.3 Å². The van der Waals surface area contributed by atoms with Crippen molar-refractivity contribution in [3.8, 4) is 5.75 Å². The molecule has 2 unspecified atom stereocenters. The minimum absolute atomic E-state index is 0.00196. The zero-order valence-corrected chi connectivity index (χ0v) is 12.8. The Kier molecular flexibility index (Phi) is 5.23. The number of benzene rings is 1. The summed E-state index contributed by atoms with van der Waals surface area (Å²) in [4.78, 5) is 12.1. The fourth-order valence-corrected chi connectivity index (χ4v) is 3.19. The molecule has 4 nitrogen and oxygen atoms in total. The first-order valence-corrected chi connectivity index (χ1v) is 7.68. The standard InChI is InChI=1S/C17H25NO3/c1-11-7-12(2)9-15(8-11)21-17(20)16(18)10-13-3-5-14(19)6-4-13/h3-6,11-12,15-16,19H,7-10,18H2,1-2H3/t11?,12?,15?,16-/m1/s1. The van der Waals surface area contributed by atoms with E-state index in [1.165, 1.54) is 6.42 Å². The lowest BCUT2D eigenvalue weighted by Crippen LogP contribution is -2.38. The SMILES string of the molecule is CC1CC(C)CC(OC(=O)[C@H](N)Cc2ccc(O)cc2)C1. The molecule has 116 valence electrons. The maximum absolute atomic E-state index is 12.1. The summed E-state index contributed by atoms with van der Waals surface area (Å²) in [6.45, 7) is 4.40. The maximum atomic E-state index is 12.1. The summed E-state index contributed by atoms with van der Waals surface area (Å²) in [5, 5.41) is 9.24. The third-order valence-corrected chi connectivity index (χ3v) is 4.11. The predicted octanol–water partition coefficient (Wildman–Crippen LogP) is 2.63. The molecule has 2 rings (SSSR count). The highest BCUT2D eigenvalue weighted by atomic mass is 16.5. The third kappa shape index (κ3) is 4.74. The molecule has 0 bridgehead atoms. The highest BCUT2D eigenvalue weighted by Gasteiger charge is 2.28. The third-order valence-electron chi connectivity index (χ3n) is 4.11. The molecule has 3 N–H and O–H groups in total. The smallest absolute Gasteiger partial charge is 0.323 e. The van der Waals surface area contributed by atoms with Crippen LogP contribution in [-0.4, -0.2) is 23.2 Å². The lowest BCUT2D eigenvalue weighted by molar-refractivity contribution is -0.153. The van der Waals surface area contributed by atoms with Crippen LogP contribution in [0, 0.1) is 11.8 Å². The van der Waals surface area contributed by atoms with Crippen LogP contribution in [0.4, 0.5) is 0 Å². The quantitative estimate of drug-likeness (QED) is 0.836. The van der Waals surface area contributed by atoms with Gasteiger partial charge in [-0.3, -0.25) is 4.79 Å². The zero-order chi connectivity index (χ0) is 15.4. The second-order valence-corrected chi connectivity index (χ2v) is 6.45. The number of hydrogen-bond donors (Lipinski definition) is 2. The Labute approximate surface area is 126 Å². The Hall–Kier alpha value is -1.55. The van der Waals surface area contributed by atoms with Gasteiger partial charge in [-0.25, -0.2) is 0 Å². The molecular formula is C17H25NO3. The van der Waals surface area contributed by atoms with E-state index in [-0.39, 0.29) is 17.8 Å². The number of phenols is 1. The van der Waals surface area contributed by atoms with Crippen LogP contribution >= 0.6 is 0 Å². The number of nitrogens with two attached hydrogens (primary N) is 1. The van der Waals surface area contributed by atoms with Crippen molar-refractivity contribution in [3.05, 3.63) is 29.8 Å². The summed E-state index contributed by atoms with van der Waals surface area (Å²) in [6.07, 6.45) is 3.50. The van der Waals surface area contributed by atoms with Gasteiger partial charge in [0.2, 0.25) is 0 Å². The highest BCUT2D eigenvalue weighted by Crippen LogP contribution is 2.30. The van der Waals surface area contributed by atoms with Crippen molar-refractivity contribution in [2.45, 2.75) is 51.7 Å². The lowest BCUT2D eigenvalue weighted by Gasteiger charge is -2.31. The minimum atomic E-state index is -0.651. The molecule has 0 amide bonds. The van der Waals surface area contributed by atoms with Crippen molar-refractivity contribution in [2.75, 3.05) is 0 Å². The molecule has 0 spiro atoms. The Morgan fingerprint density at radius 3 is 2.38 bits per heavy atom. The summed E-state index contributed by atoms with van der Waals surface area (Å²) in [6, 6.07) is 6.08. The van der Waals surface area contributed by atoms with Crippen molar-refractivity contribution in [1.29, 1.82) is 0 Å².